The second-order valence-electron chi connectivity index (χ2n) is 5.12. The molecule has 1 aliphatic heterocycles. The zero-order valence-corrected chi connectivity index (χ0v) is 11.3. The van der Waals surface area contributed by atoms with Crippen LogP contribution in [-0.4, -0.2) is 23.5 Å². The van der Waals surface area contributed by atoms with Gasteiger partial charge in [0.15, 0.2) is 5.78 Å². The van der Waals surface area contributed by atoms with Crippen molar-refractivity contribution in [2.45, 2.75) is 25.9 Å². The Morgan fingerprint density at radius 3 is 3.15 bits per heavy atom. The van der Waals surface area contributed by atoms with Crippen LogP contribution in [0.4, 0.5) is 0 Å². The maximum Gasteiger partial charge on any atom is 0.170 e. The second-order valence-corrected chi connectivity index (χ2v) is 5.12. The summed E-state index contributed by atoms with van der Waals surface area (Å²) in [5, 5.41) is 9.96. The molecule has 0 radical (unpaired) electrons. The number of rotatable bonds is 3. The topological polar surface area (TPSA) is 65.9 Å². The minimum atomic E-state index is -0.0919. The van der Waals surface area contributed by atoms with E-state index in [-0.39, 0.29) is 17.8 Å². The minimum absolute atomic E-state index is 0.00157. The van der Waals surface area contributed by atoms with Crippen LogP contribution in [0.2, 0.25) is 0 Å². The summed E-state index contributed by atoms with van der Waals surface area (Å²) in [4.78, 5) is 15.8. The van der Waals surface area contributed by atoms with Gasteiger partial charge in [0.1, 0.15) is 0 Å². The van der Waals surface area contributed by atoms with Gasteiger partial charge in [0, 0.05) is 29.3 Å². The number of nitrogens with zero attached hydrogens (tertiary/aromatic N) is 1. The van der Waals surface area contributed by atoms with Crippen molar-refractivity contribution in [3.05, 3.63) is 35.5 Å². The van der Waals surface area contributed by atoms with Crippen molar-refractivity contribution in [1.29, 1.82) is 5.26 Å². The summed E-state index contributed by atoms with van der Waals surface area (Å²) in [5.74, 6) is -0.00551. The summed E-state index contributed by atoms with van der Waals surface area (Å²) in [7, 11) is 0. The molecule has 1 saturated heterocycles. The molecule has 0 amide bonds. The standard InChI is InChI=1S/C16H16N2O2/c1-2-14-11(6-7-20-14)16(19)12-9-18-13-5-3-4-10(8-17)15(12)13/h3-5,9,11,14,18H,2,6-7H2,1H3. The zero-order chi connectivity index (χ0) is 14.1. The SMILES string of the molecule is CCC1OCCC1C(=O)c1c[nH]c2cccc(C#N)c12. The monoisotopic (exact) mass is 268 g/mol. The maximum atomic E-state index is 12.8. The fourth-order valence-corrected chi connectivity index (χ4v) is 3.02. The van der Waals surface area contributed by atoms with Crippen molar-refractivity contribution in [3.63, 3.8) is 0 Å². The number of hydrogen-bond donors (Lipinski definition) is 1. The number of ketones is 1. The van der Waals surface area contributed by atoms with Gasteiger partial charge in [0.25, 0.3) is 0 Å². The van der Waals surface area contributed by atoms with Crippen LogP contribution in [0.25, 0.3) is 10.9 Å². The van der Waals surface area contributed by atoms with Gasteiger partial charge in [-0.3, -0.25) is 4.79 Å². The Bertz CT molecular complexity index is 696. The van der Waals surface area contributed by atoms with E-state index in [0.29, 0.717) is 17.7 Å². The molecule has 0 bridgehead atoms. The van der Waals surface area contributed by atoms with Crippen LogP contribution in [0.3, 0.4) is 0 Å². The van der Waals surface area contributed by atoms with E-state index in [4.69, 9.17) is 4.74 Å². The van der Waals surface area contributed by atoms with Crippen LogP contribution in [0.15, 0.2) is 24.4 Å². The van der Waals surface area contributed by atoms with Crippen LogP contribution in [-0.2, 0) is 4.74 Å². The third kappa shape index (κ3) is 1.91. The first-order valence-electron chi connectivity index (χ1n) is 6.92. The lowest BCUT2D eigenvalue weighted by molar-refractivity contribution is 0.0690. The van der Waals surface area contributed by atoms with Gasteiger partial charge in [0.2, 0.25) is 0 Å². The first-order valence-corrected chi connectivity index (χ1v) is 6.92. The van der Waals surface area contributed by atoms with Gasteiger partial charge in [-0.15, -0.1) is 0 Å². The molecule has 1 aromatic carbocycles. The molecule has 102 valence electrons. The van der Waals surface area contributed by atoms with Gasteiger partial charge in [-0.05, 0) is 25.0 Å². The van der Waals surface area contributed by atoms with Crippen LogP contribution in [0.5, 0.6) is 0 Å². The molecule has 4 nitrogen and oxygen atoms in total. The summed E-state index contributed by atoms with van der Waals surface area (Å²) < 4.78 is 5.61. The van der Waals surface area contributed by atoms with Gasteiger partial charge < -0.3 is 9.72 Å². The van der Waals surface area contributed by atoms with Crippen LogP contribution >= 0.6 is 0 Å². The first kappa shape index (κ1) is 12.9. The van der Waals surface area contributed by atoms with E-state index in [0.717, 1.165) is 23.7 Å². The molecule has 1 aliphatic rings. The number of benzene rings is 1. The molecule has 0 saturated carbocycles. The molecule has 4 heteroatoms. The highest BCUT2D eigenvalue weighted by Gasteiger charge is 2.34. The van der Waals surface area contributed by atoms with E-state index in [2.05, 4.69) is 11.1 Å². The molecule has 20 heavy (non-hydrogen) atoms. The normalized spacial score (nSPS) is 22.0. The van der Waals surface area contributed by atoms with Gasteiger partial charge in [0.05, 0.1) is 23.7 Å². The van der Waals surface area contributed by atoms with Crippen LogP contribution in [0, 0.1) is 17.2 Å². The lowest BCUT2D eigenvalue weighted by atomic mass is 9.89. The fraction of sp³-hybridized carbons (Fsp3) is 0.375. The molecule has 2 heterocycles. The predicted octanol–water partition coefficient (Wildman–Crippen LogP) is 3.04. The molecule has 2 aromatic rings. The number of carbonyl (C=O) groups is 1. The van der Waals surface area contributed by atoms with Crippen molar-refractivity contribution in [2.75, 3.05) is 6.61 Å². The quantitative estimate of drug-likeness (QED) is 0.870. The number of fused-ring (bicyclic) bond motifs is 1. The van der Waals surface area contributed by atoms with Crippen molar-refractivity contribution in [1.82, 2.24) is 4.98 Å². The molecule has 1 aromatic heterocycles. The van der Waals surface area contributed by atoms with Crippen molar-refractivity contribution < 1.29 is 9.53 Å². The Balaban J connectivity index is 2.06. The van der Waals surface area contributed by atoms with E-state index < -0.39 is 0 Å². The highest BCUT2D eigenvalue weighted by atomic mass is 16.5. The van der Waals surface area contributed by atoms with Crippen molar-refractivity contribution >= 4 is 16.7 Å². The molecule has 1 fully saturated rings. The second kappa shape index (κ2) is 5.10. The molecular weight excluding hydrogens is 252 g/mol. The minimum Gasteiger partial charge on any atom is -0.377 e. The highest BCUT2D eigenvalue weighted by Crippen LogP contribution is 2.31. The number of Topliss-reactive ketones (excluding diaryl/α,β-unsaturated/α-hetero) is 1. The molecule has 2 atom stereocenters. The van der Waals surface area contributed by atoms with E-state index in [1.807, 2.05) is 19.1 Å². The average molecular weight is 268 g/mol. The average Bonchev–Trinajstić information content (AvgIpc) is 3.12. The molecule has 0 aliphatic carbocycles. The van der Waals surface area contributed by atoms with Crippen LogP contribution < -0.4 is 0 Å². The molecule has 3 rings (SSSR count). The van der Waals surface area contributed by atoms with E-state index in [1.54, 1.807) is 12.3 Å². The van der Waals surface area contributed by atoms with E-state index >= 15 is 0 Å². The lowest BCUT2D eigenvalue weighted by Crippen LogP contribution is -2.23. The van der Waals surface area contributed by atoms with Gasteiger partial charge in [-0.1, -0.05) is 13.0 Å². The smallest absolute Gasteiger partial charge is 0.170 e. The summed E-state index contributed by atoms with van der Waals surface area (Å²) in [5.41, 5.74) is 1.99. The Labute approximate surface area is 117 Å². The third-order valence-corrected chi connectivity index (χ3v) is 4.04. The lowest BCUT2D eigenvalue weighted by Gasteiger charge is -2.15. The Morgan fingerprint density at radius 1 is 1.55 bits per heavy atom. The predicted molar refractivity (Wildman–Crippen MR) is 75.5 cm³/mol. The van der Waals surface area contributed by atoms with E-state index in [1.165, 1.54) is 0 Å². The Kier molecular flexibility index (Phi) is 3.29. The number of aromatic amines is 1. The zero-order valence-electron chi connectivity index (χ0n) is 11.3. The Morgan fingerprint density at radius 2 is 2.40 bits per heavy atom. The molecular formula is C16H16N2O2. The number of carbonyl (C=O) groups excluding carboxylic acids is 1. The molecule has 1 N–H and O–H groups in total. The summed E-state index contributed by atoms with van der Waals surface area (Å²) in [6, 6.07) is 7.61. The van der Waals surface area contributed by atoms with Crippen molar-refractivity contribution in [3.8, 4) is 6.07 Å². The summed E-state index contributed by atoms with van der Waals surface area (Å²) in [6.07, 6.45) is 3.32. The van der Waals surface area contributed by atoms with Gasteiger partial charge in [-0.25, -0.2) is 0 Å². The first-order chi connectivity index (χ1) is 9.76. The van der Waals surface area contributed by atoms with Crippen molar-refractivity contribution in [2.24, 2.45) is 5.92 Å². The van der Waals surface area contributed by atoms with E-state index in [9.17, 15) is 10.1 Å². The largest absolute Gasteiger partial charge is 0.377 e. The number of H-pyrrole nitrogens is 1. The molecule has 2 unspecified atom stereocenters. The Hall–Kier alpha value is -2.12. The molecule has 0 spiro atoms. The van der Waals surface area contributed by atoms with Gasteiger partial charge in [-0.2, -0.15) is 5.26 Å². The number of nitrogens with one attached hydrogen (secondary N) is 1. The summed E-state index contributed by atoms with van der Waals surface area (Å²) in [6.45, 7) is 2.68. The highest BCUT2D eigenvalue weighted by molar-refractivity contribution is 6.10. The summed E-state index contributed by atoms with van der Waals surface area (Å²) >= 11 is 0. The fourth-order valence-electron chi connectivity index (χ4n) is 3.02. The van der Waals surface area contributed by atoms with Crippen LogP contribution in [0.1, 0.15) is 35.7 Å². The number of nitriles is 1. The van der Waals surface area contributed by atoms with Gasteiger partial charge >= 0.3 is 0 Å². The number of ether oxygens (including phenoxy) is 1. The number of hydrogen-bond acceptors (Lipinski definition) is 3. The number of aromatic nitrogens is 1. The third-order valence-electron chi connectivity index (χ3n) is 4.04. The maximum absolute atomic E-state index is 12.8.